The highest BCUT2D eigenvalue weighted by Gasteiger charge is 2.37. The number of rotatable bonds is 6. The first-order valence-corrected chi connectivity index (χ1v) is 9.33. The second-order valence-corrected chi connectivity index (χ2v) is 6.96. The lowest BCUT2D eigenvalue weighted by Gasteiger charge is -2.13. The highest BCUT2D eigenvalue weighted by molar-refractivity contribution is 9.10. The summed E-state index contributed by atoms with van der Waals surface area (Å²) in [5, 5.41) is 9.05. The number of aromatic nitrogens is 3. The molecule has 1 aromatic heterocycles. The van der Waals surface area contributed by atoms with Gasteiger partial charge in [0.25, 0.3) is 5.82 Å². The fraction of sp³-hybridized carbons (Fsp3) is 0.167. The second-order valence-electron chi connectivity index (χ2n) is 5.71. The number of nitrogens with one attached hydrogen (secondary N) is 1. The van der Waals surface area contributed by atoms with E-state index in [9.17, 15) is 13.2 Å². The average Bonchev–Trinajstić information content (AvgIpc) is 3.06. The van der Waals surface area contributed by atoms with Crippen molar-refractivity contribution >= 4 is 34.4 Å². The third-order valence-electron chi connectivity index (χ3n) is 3.70. The minimum Gasteiger partial charge on any atom is -0.493 e. The zero-order chi connectivity index (χ0) is 21.0. The van der Waals surface area contributed by atoms with E-state index in [4.69, 9.17) is 21.7 Å². The number of alkyl halides is 3. The van der Waals surface area contributed by atoms with E-state index in [1.54, 1.807) is 12.1 Å². The van der Waals surface area contributed by atoms with Gasteiger partial charge in [-0.05, 0) is 51.4 Å². The van der Waals surface area contributed by atoms with Gasteiger partial charge in [0.2, 0.25) is 4.77 Å². The number of methoxy groups -OCH3 is 1. The van der Waals surface area contributed by atoms with Gasteiger partial charge in [0.15, 0.2) is 11.5 Å². The van der Waals surface area contributed by atoms with Gasteiger partial charge in [-0.15, -0.1) is 5.10 Å². The molecule has 0 atom stereocenters. The molecule has 0 fully saturated rings. The summed E-state index contributed by atoms with van der Waals surface area (Å²) in [7, 11) is 1.46. The standard InChI is InChI=1S/C18H14BrF3N4O2S/c1-27-14-8-12(9-23-26-16(18(20,21)22)24-25-17(26)29)7-13(19)15(14)28-10-11-5-3-2-4-6-11/h2-9H,10H2,1H3,(H,25,29)/b23-9+. The first kappa shape index (κ1) is 21.1. The molecule has 0 amide bonds. The zero-order valence-electron chi connectivity index (χ0n) is 14.9. The molecule has 152 valence electrons. The van der Waals surface area contributed by atoms with E-state index in [0.717, 1.165) is 5.56 Å². The summed E-state index contributed by atoms with van der Waals surface area (Å²) in [5.41, 5.74) is 1.44. The molecule has 0 aliphatic carbocycles. The summed E-state index contributed by atoms with van der Waals surface area (Å²) in [5.74, 6) is -0.388. The predicted octanol–water partition coefficient (Wildman–Crippen LogP) is 5.19. The molecule has 3 aromatic rings. The van der Waals surface area contributed by atoms with Crippen LogP contribution in [0.3, 0.4) is 0 Å². The van der Waals surface area contributed by atoms with E-state index in [1.807, 2.05) is 30.3 Å². The van der Waals surface area contributed by atoms with Crippen molar-refractivity contribution in [1.82, 2.24) is 14.9 Å². The van der Waals surface area contributed by atoms with E-state index in [0.29, 0.717) is 32.8 Å². The average molecular weight is 487 g/mol. The van der Waals surface area contributed by atoms with E-state index in [-0.39, 0.29) is 4.77 Å². The highest BCUT2D eigenvalue weighted by atomic mass is 79.9. The number of nitrogens with zero attached hydrogens (tertiary/aromatic N) is 3. The number of H-pyrrole nitrogens is 1. The van der Waals surface area contributed by atoms with E-state index in [1.165, 1.54) is 13.3 Å². The number of halogens is 4. The second kappa shape index (κ2) is 8.78. The summed E-state index contributed by atoms with van der Waals surface area (Å²) in [6.45, 7) is 0.322. The summed E-state index contributed by atoms with van der Waals surface area (Å²) in [4.78, 5) is 0. The van der Waals surface area contributed by atoms with Crippen LogP contribution in [0.2, 0.25) is 0 Å². The van der Waals surface area contributed by atoms with Gasteiger partial charge in [-0.1, -0.05) is 30.3 Å². The van der Waals surface area contributed by atoms with Crippen LogP contribution in [0, 0.1) is 4.77 Å². The van der Waals surface area contributed by atoms with Gasteiger partial charge in [-0.2, -0.15) is 22.9 Å². The maximum absolute atomic E-state index is 13.0. The first-order valence-electron chi connectivity index (χ1n) is 8.13. The van der Waals surface area contributed by atoms with Crippen LogP contribution >= 0.6 is 28.1 Å². The quantitative estimate of drug-likeness (QED) is 0.384. The van der Waals surface area contributed by atoms with Crippen molar-refractivity contribution in [2.75, 3.05) is 7.11 Å². The Bertz CT molecular complexity index is 1080. The molecule has 6 nitrogen and oxygen atoms in total. The monoisotopic (exact) mass is 486 g/mol. The Hall–Kier alpha value is -2.66. The molecule has 3 rings (SSSR count). The Morgan fingerprint density at radius 2 is 2.00 bits per heavy atom. The fourth-order valence-electron chi connectivity index (χ4n) is 2.39. The van der Waals surface area contributed by atoms with Crippen molar-refractivity contribution in [3.8, 4) is 11.5 Å². The van der Waals surface area contributed by atoms with E-state index < -0.39 is 12.0 Å². The molecular formula is C18H14BrF3N4O2S. The maximum Gasteiger partial charge on any atom is 0.453 e. The molecule has 0 spiro atoms. The van der Waals surface area contributed by atoms with Crippen molar-refractivity contribution in [2.45, 2.75) is 12.8 Å². The van der Waals surface area contributed by atoms with E-state index in [2.05, 4.69) is 31.2 Å². The third kappa shape index (κ3) is 5.04. The normalized spacial score (nSPS) is 11.8. The number of aromatic amines is 1. The topological polar surface area (TPSA) is 64.4 Å². The molecular weight excluding hydrogens is 473 g/mol. The maximum atomic E-state index is 13.0. The van der Waals surface area contributed by atoms with Crippen LogP contribution in [-0.4, -0.2) is 28.2 Å². The summed E-state index contributed by atoms with van der Waals surface area (Å²) in [6, 6.07) is 12.8. The Morgan fingerprint density at radius 3 is 2.66 bits per heavy atom. The number of ether oxygens (including phenoxy) is 2. The molecule has 0 aliphatic rings. The molecule has 0 saturated carbocycles. The van der Waals surface area contributed by atoms with Crippen molar-refractivity contribution in [1.29, 1.82) is 0 Å². The summed E-state index contributed by atoms with van der Waals surface area (Å²) in [6.07, 6.45) is -3.48. The van der Waals surface area contributed by atoms with Gasteiger partial charge in [0.1, 0.15) is 6.61 Å². The van der Waals surface area contributed by atoms with Crippen LogP contribution in [-0.2, 0) is 12.8 Å². The smallest absolute Gasteiger partial charge is 0.453 e. The van der Waals surface area contributed by atoms with Crippen LogP contribution in [0.5, 0.6) is 11.5 Å². The molecule has 0 aliphatic heterocycles. The van der Waals surface area contributed by atoms with Crippen LogP contribution in [0.15, 0.2) is 52.0 Å². The van der Waals surface area contributed by atoms with Gasteiger partial charge in [-0.3, -0.25) is 0 Å². The molecule has 0 unspecified atom stereocenters. The van der Waals surface area contributed by atoms with Gasteiger partial charge in [0, 0.05) is 0 Å². The molecule has 2 aromatic carbocycles. The van der Waals surface area contributed by atoms with Crippen molar-refractivity contribution < 1.29 is 22.6 Å². The Morgan fingerprint density at radius 1 is 1.28 bits per heavy atom. The lowest BCUT2D eigenvalue weighted by atomic mass is 10.2. The largest absolute Gasteiger partial charge is 0.493 e. The third-order valence-corrected chi connectivity index (χ3v) is 4.56. The predicted molar refractivity (Wildman–Crippen MR) is 107 cm³/mol. The number of hydrogen-bond donors (Lipinski definition) is 1. The van der Waals surface area contributed by atoms with Crippen LogP contribution in [0.1, 0.15) is 17.0 Å². The van der Waals surface area contributed by atoms with Crippen LogP contribution in [0.25, 0.3) is 0 Å². The lowest BCUT2D eigenvalue weighted by Crippen LogP contribution is -2.12. The molecule has 29 heavy (non-hydrogen) atoms. The Kier molecular flexibility index (Phi) is 6.38. The Balaban J connectivity index is 1.87. The number of benzene rings is 2. The van der Waals surface area contributed by atoms with Crippen molar-refractivity contribution in [3.05, 3.63) is 68.7 Å². The highest BCUT2D eigenvalue weighted by Crippen LogP contribution is 2.37. The molecule has 0 saturated heterocycles. The van der Waals surface area contributed by atoms with Gasteiger partial charge in [-0.25, -0.2) is 5.10 Å². The van der Waals surface area contributed by atoms with Crippen molar-refractivity contribution in [3.63, 3.8) is 0 Å². The minimum absolute atomic E-state index is 0.276. The zero-order valence-corrected chi connectivity index (χ0v) is 17.3. The van der Waals surface area contributed by atoms with Gasteiger partial charge < -0.3 is 9.47 Å². The molecule has 0 bridgehead atoms. The van der Waals surface area contributed by atoms with Crippen LogP contribution in [0.4, 0.5) is 13.2 Å². The van der Waals surface area contributed by atoms with E-state index >= 15 is 0 Å². The van der Waals surface area contributed by atoms with Crippen molar-refractivity contribution in [2.24, 2.45) is 5.10 Å². The van der Waals surface area contributed by atoms with Gasteiger partial charge >= 0.3 is 6.18 Å². The molecule has 1 N–H and O–H groups in total. The summed E-state index contributed by atoms with van der Waals surface area (Å²) < 4.78 is 50.9. The summed E-state index contributed by atoms with van der Waals surface area (Å²) >= 11 is 8.21. The molecule has 11 heteroatoms. The number of hydrogen-bond acceptors (Lipinski definition) is 5. The first-order chi connectivity index (χ1) is 13.8. The van der Waals surface area contributed by atoms with Gasteiger partial charge in [0.05, 0.1) is 17.8 Å². The fourth-order valence-corrected chi connectivity index (χ4v) is 3.14. The Labute approximate surface area is 177 Å². The molecule has 0 radical (unpaired) electrons. The molecule has 1 heterocycles. The van der Waals surface area contributed by atoms with Crippen LogP contribution < -0.4 is 9.47 Å². The minimum atomic E-state index is -4.70. The SMILES string of the molecule is COc1cc(/C=N/n2c(C(F)(F)F)n[nH]c2=S)cc(Br)c1OCc1ccccc1. The lowest BCUT2D eigenvalue weighted by molar-refractivity contribution is -0.147.